The number of hydrogen-bond donors (Lipinski definition) is 3. The third-order valence-electron chi connectivity index (χ3n) is 2.51. The van der Waals surface area contributed by atoms with Gasteiger partial charge in [-0.25, -0.2) is 9.97 Å². The quantitative estimate of drug-likeness (QED) is 0.779. The number of nitrogens with zero attached hydrogens (tertiary/aromatic N) is 2. The van der Waals surface area contributed by atoms with Gasteiger partial charge in [-0.05, 0) is 5.92 Å². The molecule has 96 valence electrons. The first-order chi connectivity index (χ1) is 8.58. The summed E-state index contributed by atoms with van der Waals surface area (Å²) in [5, 5.41) is 4.96. The lowest BCUT2D eigenvalue weighted by atomic mass is 10.0. The van der Waals surface area contributed by atoms with E-state index in [4.69, 9.17) is 5.73 Å². The van der Waals surface area contributed by atoms with Gasteiger partial charge in [-0.3, -0.25) is 4.79 Å². The van der Waals surface area contributed by atoms with Crippen LogP contribution >= 0.6 is 11.3 Å². The molecule has 2 rings (SSSR count). The fraction of sp³-hybridized carbons (Fsp3) is 0.364. The molecule has 0 saturated carbocycles. The number of anilines is 2. The number of aromatic nitrogens is 3. The molecule has 0 bridgehead atoms. The van der Waals surface area contributed by atoms with Crippen LogP contribution < -0.4 is 15.9 Å². The molecule has 0 atom stereocenters. The third kappa shape index (κ3) is 2.67. The minimum Gasteiger partial charge on any atom is -0.383 e. The van der Waals surface area contributed by atoms with Gasteiger partial charge in [-0.1, -0.05) is 25.2 Å². The van der Waals surface area contributed by atoms with Crippen LogP contribution in [0.5, 0.6) is 0 Å². The summed E-state index contributed by atoms with van der Waals surface area (Å²) in [5.41, 5.74) is 7.58. The number of aromatic amines is 1. The Morgan fingerprint density at radius 2 is 2.28 bits per heavy atom. The number of thiazole rings is 1. The van der Waals surface area contributed by atoms with E-state index in [1.54, 1.807) is 5.38 Å². The summed E-state index contributed by atoms with van der Waals surface area (Å²) >= 11 is 1.14. The number of rotatable bonds is 4. The van der Waals surface area contributed by atoms with E-state index in [1.807, 2.05) is 13.8 Å². The summed E-state index contributed by atoms with van der Waals surface area (Å²) in [6.07, 6.45) is 1.43. The first-order valence-corrected chi connectivity index (χ1v) is 6.47. The van der Waals surface area contributed by atoms with Gasteiger partial charge in [0.2, 0.25) is 0 Å². The first kappa shape index (κ1) is 12.6. The maximum absolute atomic E-state index is 11.0. The summed E-state index contributed by atoms with van der Waals surface area (Å²) in [7, 11) is 0. The predicted molar refractivity (Wildman–Crippen MR) is 72.8 cm³/mol. The molecule has 2 aromatic heterocycles. The molecular formula is C11H15N5OS. The Labute approximate surface area is 108 Å². The van der Waals surface area contributed by atoms with Crippen LogP contribution in [0.15, 0.2) is 16.5 Å². The van der Waals surface area contributed by atoms with Crippen molar-refractivity contribution in [2.24, 2.45) is 0 Å². The third-order valence-corrected chi connectivity index (χ3v) is 3.23. The summed E-state index contributed by atoms with van der Waals surface area (Å²) < 4.78 is 0. The molecule has 2 heterocycles. The summed E-state index contributed by atoms with van der Waals surface area (Å²) in [6.45, 7) is 4.58. The second-order valence-corrected chi connectivity index (χ2v) is 5.05. The van der Waals surface area contributed by atoms with Gasteiger partial charge in [0.1, 0.15) is 18.0 Å². The molecule has 0 aromatic carbocycles. The van der Waals surface area contributed by atoms with E-state index in [-0.39, 0.29) is 10.8 Å². The van der Waals surface area contributed by atoms with Crippen molar-refractivity contribution in [1.29, 1.82) is 0 Å². The van der Waals surface area contributed by atoms with Crippen LogP contribution in [0, 0.1) is 0 Å². The van der Waals surface area contributed by atoms with Crippen molar-refractivity contribution in [3.63, 3.8) is 0 Å². The maximum atomic E-state index is 11.0. The zero-order valence-electron chi connectivity index (χ0n) is 10.2. The van der Waals surface area contributed by atoms with Gasteiger partial charge in [0.15, 0.2) is 0 Å². The molecule has 2 aromatic rings. The van der Waals surface area contributed by atoms with Crippen molar-refractivity contribution in [2.75, 3.05) is 11.1 Å². The Hall–Kier alpha value is -1.89. The molecular weight excluding hydrogens is 250 g/mol. The average molecular weight is 265 g/mol. The van der Waals surface area contributed by atoms with Gasteiger partial charge < -0.3 is 16.0 Å². The van der Waals surface area contributed by atoms with E-state index in [1.165, 1.54) is 6.33 Å². The number of nitrogens with one attached hydrogen (secondary N) is 2. The van der Waals surface area contributed by atoms with Gasteiger partial charge >= 0.3 is 4.87 Å². The van der Waals surface area contributed by atoms with Gasteiger partial charge in [0.25, 0.3) is 0 Å². The summed E-state index contributed by atoms with van der Waals surface area (Å²) in [5.74, 6) is 1.43. The molecule has 0 spiro atoms. The molecule has 0 aliphatic rings. The molecule has 18 heavy (non-hydrogen) atoms. The smallest absolute Gasteiger partial charge is 0.304 e. The van der Waals surface area contributed by atoms with E-state index < -0.39 is 0 Å². The number of nitrogen functional groups attached to an aromatic ring is 1. The zero-order chi connectivity index (χ0) is 13.1. The average Bonchev–Trinajstić information content (AvgIpc) is 2.72. The number of hydrogen-bond acceptors (Lipinski definition) is 6. The number of nitrogens with two attached hydrogens (primary N) is 1. The Bertz CT molecular complexity index is 589. The highest BCUT2D eigenvalue weighted by atomic mass is 32.1. The molecule has 7 heteroatoms. The van der Waals surface area contributed by atoms with E-state index in [0.717, 1.165) is 22.6 Å². The van der Waals surface area contributed by atoms with Crippen molar-refractivity contribution in [3.05, 3.63) is 32.6 Å². The molecule has 0 saturated heterocycles. The van der Waals surface area contributed by atoms with Gasteiger partial charge in [0.05, 0.1) is 6.54 Å². The summed E-state index contributed by atoms with van der Waals surface area (Å²) in [4.78, 5) is 21.9. The second-order valence-electron chi connectivity index (χ2n) is 4.20. The van der Waals surface area contributed by atoms with Gasteiger partial charge in [-0.2, -0.15) is 0 Å². The highest BCUT2D eigenvalue weighted by Crippen LogP contribution is 2.26. The molecule has 0 unspecified atom stereocenters. The minimum absolute atomic E-state index is 0.0573. The molecule has 4 N–H and O–H groups in total. The van der Waals surface area contributed by atoms with Crippen molar-refractivity contribution in [3.8, 4) is 0 Å². The Kier molecular flexibility index (Phi) is 3.61. The van der Waals surface area contributed by atoms with Crippen molar-refractivity contribution in [1.82, 2.24) is 15.0 Å². The Morgan fingerprint density at radius 3 is 2.89 bits per heavy atom. The molecule has 0 aliphatic carbocycles. The first-order valence-electron chi connectivity index (χ1n) is 5.59. The minimum atomic E-state index is -0.0573. The maximum Gasteiger partial charge on any atom is 0.304 e. The SMILES string of the molecule is CC(C)c1c(N)ncnc1NCc1csc(=O)[nH]1. The second kappa shape index (κ2) is 5.18. The van der Waals surface area contributed by atoms with Crippen LogP contribution in [0.3, 0.4) is 0 Å². The van der Waals surface area contributed by atoms with Crippen LogP contribution in [-0.2, 0) is 6.54 Å². The molecule has 0 radical (unpaired) electrons. The van der Waals surface area contributed by atoms with Crippen LogP contribution in [-0.4, -0.2) is 15.0 Å². The molecule has 0 amide bonds. The zero-order valence-corrected chi connectivity index (χ0v) is 11.0. The normalized spacial score (nSPS) is 10.8. The lowest BCUT2D eigenvalue weighted by Gasteiger charge is -2.14. The number of H-pyrrole nitrogens is 1. The van der Waals surface area contributed by atoms with Crippen molar-refractivity contribution in [2.45, 2.75) is 26.3 Å². The van der Waals surface area contributed by atoms with Crippen molar-refractivity contribution >= 4 is 23.0 Å². The van der Waals surface area contributed by atoms with E-state index in [2.05, 4.69) is 20.3 Å². The van der Waals surface area contributed by atoms with E-state index in [9.17, 15) is 4.79 Å². The van der Waals surface area contributed by atoms with Crippen LogP contribution in [0.4, 0.5) is 11.6 Å². The summed E-state index contributed by atoms with van der Waals surface area (Å²) in [6, 6.07) is 0. The fourth-order valence-electron chi connectivity index (χ4n) is 1.70. The van der Waals surface area contributed by atoms with Crippen molar-refractivity contribution < 1.29 is 0 Å². The lowest BCUT2D eigenvalue weighted by Crippen LogP contribution is -2.10. The van der Waals surface area contributed by atoms with Crippen LogP contribution in [0.1, 0.15) is 31.0 Å². The molecule has 6 nitrogen and oxygen atoms in total. The topological polar surface area (TPSA) is 96.7 Å². The van der Waals surface area contributed by atoms with Gasteiger partial charge in [-0.15, -0.1) is 0 Å². The molecule has 0 aliphatic heterocycles. The van der Waals surface area contributed by atoms with Crippen LogP contribution in [0.2, 0.25) is 0 Å². The predicted octanol–water partition coefficient (Wildman–Crippen LogP) is 1.54. The van der Waals surface area contributed by atoms with E-state index >= 15 is 0 Å². The lowest BCUT2D eigenvalue weighted by molar-refractivity contribution is 0.848. The van der Waals surface area contributed by atoms with Crippen LogP contribution in [0.25, 0.3) is 0 Å². The monoisotopic (exact) mass is 265 g/mol. The Balaban J connectivity index is 2.19. The molecule has 0 fully saturated rings. The highest BCUT2D eigenvalue weighted by Gasteiger charge is 2.12. The van der Waals surface area contributed by atoms with Gasteiger partial charge in [0, 0.05) is 16.6 Å². The fourth-order valence-corrected chi connectivity index (χ4v) is 2.28. The standard InChI is InChI=1S/C11H15N5OS/c1-6(2)8-9(12)14-5-15-10(8)13-3-7-4-18-11(17)16-7/h4-6H,3H2,1-2H3,(H,16,17)(H3,12,13,14,15). The Morgan fingerprint density at radius 1 is 1.50 bits per heavy atom. The largest absolute Gasteiger partial charge is 0.383 e. The van der Waals surface area contributed by atoms with E-state index in [0.29, 0.717) is 18.2 Å². The highest BCUT2D eigenvalue weighted by molar-refractivity contribution is 7.07.